The Morgan fingerprint density at radius 2 is 2.15 bits per heavy atom. The molecular weight excluding hydrogens is 169 g/mol. The van der Waals surface area contributed by atoms with Gasteiger partial charge in [-0.25, -0.2) is 4.39 Å². The van der Waals surface area contributed by atoms with Crippen molar-refractivity contribution in [2.45, 2.75) is 0 Å². The first-order chi connectivity index (χ1) is 6.33. The van der Waals surface area contributed by atoms with Gasteiger partial charge in [0.05, 0.1) is 5.69 Å². The number of nitrogen functional groups attached to an aromatic ring is 1. The molecule has 1 aromatic heterocycles. The predicted octanol–water partition coefficient (Wildman–Crippen LogP) is 1.66. The minimum Gasteiger partial charge on any atom is -0.323 e. The molecule has 3 nitrogen and oxygen atoms in total. The Balaban J connectivity index is 2.84. The molecule has 4 heteroatoms. The van der Waals surface area contributed by atoms with Gasteiger partial charge in [-0.1, -0.05) is 0 Å². The smallest absolute Gasteiger partial charge is 0.149 e. The van der Waals surface area contributed by atoms with E-state index in [2.05, 4.69) is 10.4 Å². The minimum atomic E-state index is -0.338. The van der Waals surface area contributed by atoms with Crippen molar-refractivity contribution in [3.63, 3.8) is 0 Å². The third kappa shape index (κ3) is 1.21. The molecule has 0 radical (unpaired) electrons. The first kappa shape index (κ1) is 7.94. The van der Waals surface area contributed by atoms with Gasteiger partial charge in [0.1, 0.15) is 11.3 Å². The van der Waals surface area contributed by atoms with E-state index in [4.69, 9.17) is 5.84 Å². The largest absolute Gasteiger partial charge is 0.323 e. The summed E-state index contributed by atoms with van der Waals surface area (Å²) in [5.74, 6) is 4.93. The summed E-state index contributed by atoms with van der Waals surface area (Å²) < 4.78 is 13.2. The van der Waals surface area contributed by atoms with Gasteiger partial charge in [0.15, 0.2) is 0 Å². The average molecular weight is 177 g/mol. The van der Waals surface area contributed by atoms with Gasteiger partial charge in [-0.2, -0.15) is 0 Å². The molecule has 0 bridgehead atoms. The molecule has 0 spiro atoms. The Morgan fingerprint density at radius 3 is 2.92 bits per heavy atom. The zero-order valence-electron chi connectivity index (χ0n) is 6.79. The van der Waals surface area contributed by atoms with E-state index in [9.17, 15) is 4.39 Å². The van der Waals surface area contributed by atoms with Crippen LogP contribution in [0.2, 0.25) is 0 Å². The molecule has 0 aliphatic heterocycles. The van der Waals surface area contributed by atoms with Gasteiger partial charge in [-0.15, -0.1) is 0 Å². The number of pyridine rings is 1. The summed E-state index contributed by atoms with van der Waals surface area (Å²) in [5.41, 5.74) is 3.49. The van der Waals surface area contributed by atoms with Crippen LogP contribution in [0.3, 0.4) is 0 Å². The molecule has 2 aromatic rings. The topological polar surface area (TPSA) is 50.9 Å². The van der Waals surface area contributed by atoms with Crippen molar-refractivity contribution < 1.29 is 4.39 Å². The summed E-state index contributed by atoms with van der Waals surface area (Å²) in [6.07, 6.45) is 1.55. The lowest BCUT2D eigenvalue weighted by Crippen LogP contribution is -2.07. The van der Waals surface area contributed by atoms with E-state index >= 15 is 0 Å². The highest BCUT2D eigenvalue weighted by atomic mass is 19.1. The van der Waals surface area contributed by atoms with Crippen LogP contribution in [-0.4, -0.2) is 4.98 Å². The van der Waals surface area contributed by atoms with Gasteiger partial charge < -0.3 is 5.43 Å². The highest BCUT2D eigenvalue weighted by Crippen LogP contribution is 2.22. The Bertz CT molecular complexity index is 442. The van der Waals surface area contributed by atoms with Crippen molar-refractivity contribution in [3.8, 4) is 0 Å². The summed E-state index contributed by atoms with van der Waals surface area (Å²) in [5, 5.41) is 0.685. The van der Waals surface area contributed by atoms with Crippen molar-refractivity contribution in [3.05, 3.63) is 36.3 Å². The lowest BCUT2D eigenvalue weighted by molar-refractivity contribution is 0.637. The molecule has 0 atom stereocenters. The molecule has 3 N–H and O–H groups in total. The van der Waals surface area contributed by atoms with E-state index in [1.165, 1.54) is 6.07 Å². The fraction of sp³-hybridized carbons (Fsp3) is 0. The fourth-order valence-corrected chi connectivity index (χ4v) is 1.26. The Kier molecular flexibility index (Phi) is 1.83. The number of halogens is 1. The molecule has 1 heterocycles. The fourth-order valence-electron chi connectivity index (χ4n) is 1.26. The van der Waals surface area contributed by atoms with Crippen molar-refractivity contribution >= 4 is 16.6 Å². The minimum absolute atomic E-state index is 0.331. The second-order valence-electron chi connectivity index (χ2n) is 2.64. The number of hydrogen-bond acceptors (Lipinski definition) is 3. The molecule has 0 saturated heterocycles. The number of rotatable bonds is 1. The number of nitrogens with two attached hydrogens (primary N) is 1. The standard InChI is InChI=1S/C9H8FN3/c10-7-3-4-8(13-11)6-2-1-5-12-9(6)7/h1-5,13H,11H2. The van der Waals surface area contributed by atoms with E-state index in [1.54, 1.807) is 24.4 Å². The summed E-state index contributed by atoms with van der Waals surface area (Å²) in [4.78, 5) is 3.92. The maximum Gasteiger partial charge on any atom is 0.149 e. The van der Waals surface area contributed by atoms with Crippen molar-refractivity contribution in [2.24, 2.45) is 5.84 Å². The van der Waals surface area contributed by atoms with E-state index < -0.39 is 0 Å². The molecule has 13 heavy (non-hydrogen) atoms. The number of nitrogens with one attached hydrogen (secondary N) is 1. The molecule has 0 aliphatic rings. The number of benzene rings is 1. The monoisotopic (exact) mass is 177 g/mol. The van der Waals surface area contributed by atoms with Crippen LogP contribution in [-0.2, 0) is 0 Å². The van der Waals surface area contributed by atoms with Gasteiger partial charge >= 0.3 is 0 Å². The summed E-state index contributed by atoms with van der Waals surface area (Å²) in [7, 11) is 0. The molecule has 0 amide bonds. The summed E-state index contributed by atoms with van der Waals surface area (Å²) in [6, 6.07) is 6.42. The highest BCUT2D eigenvalue weighted by molar-refractivity contribution is 5.91. The lowest BCUT2D eigenvalue weighted by Gasteiger charge is -2.04. The van der Waals surface area contributed by atoms with Crippen LogP contribution in [0.25, 0.3) is 10.9 Å². The maximum absolute atomic E-state index is 13.2. The predicted molar refractivity (Wildman–Crippen MR) is 49.5 cm³/mol. The molecule has 0 aliphatic carbocycles. The molecular formula is C9H8FN3. The van der Waals surface area contributed by atoms with Gasteiger partial charge in [0, 0.05) is 11.6 Å². The van der Waals surface area contributed by atoms with Gasteiger partial charge in [0.2, 0.25) is 0 Å². The average Bonchev–Trinajstić information content (AvgIpc) is 2.19. The molecule has 0 fully saturated rings. The molecule has 0 saturated carbocycles. The van der Waals surface area contributed by atoms with Crippen LogP contribution < -0.4 is 11.3 Å². The van der Waals surface area contributed by atoms with E-state index in [1.807, 2.05) is 0 Å². The van der Waals surface area contributed by atoms with Crippen molar-refractivity contribution in [2.75, 3.05) is 5.43 Å². The Hall–Kier alpha value is -1.68. The third-order valence-electron chi connectivity index (χ3n) is 1.88. The summed E-state index contributed by atoms with van der Waals surface area (Å²) in [6.45, 7) is 0. The zero-order chi connectivity index (χ0) is 9.26. The quantitative estimate of drug-likeness (QED) is 0.514. The van der Waals surface area contributed by atoms with Crippen LogP contribution in [0.5, 0.6) is 0 Å². The number of anilines is 1. The molecule has 2 rings (SSSR count). The molecule has 66 valence electrons. The molecule has 1 aromatic carbocycles. The lowest BCUT2D eigenvalue weighted by atomic mass is 10.2. The van der Waals surface area contributed by atoms with Crippen molar-refractivity contribution in [1.29, 1.82) is 0 Å². The van der Waals surface area contributed by atoms with E-state index in [0.29, 0.717) is 16.6 Å². The number of aromatic nitrogens is 1. The van der Waals surface area contributed by atoms with Crippen LogP contribution in [0, 0.1) is 5.82 Å². The number of fused-ring (bicyclic) bond motifs is 1. The van der Waals surface area contributed by atoms with Gasteiger partial charge in [0.25, 0.3) is 0 Å². The Labute approximate surface area is 74.4 Å². The van der Waals surface area contributed by atoms with Crippen LogP contribution in [0.15, 0.2) is 30.5 Å². The maximum atomic E-state index is 13.2. The second-order valence-corrected chi connectivity index (χ2v) is 2.64. The van der Waals surface area contributed by atoms with Crippen LogP contribution in [0.4, 0.5) is 10.1 Å². The first-order valence-electron chi connectivity index (χ1n) is 3.83. The summed E-state index contributed by atoms with van der Waals surface area (Å²) >= 11 is 0. The van der Waals surface area contributed by atoms with Gasteiger partial charge in [-0.05, 0) is 24.3 Å². The highest BCUT2D eigenvalue weighted by Gasteiger charge is 2.04. The van der Waals surface area contributed by atoms with Crippen molar-refractivity contribution in [1.82, 2.24) is 4.98 Å². The van der Waals surface area contributed by atoms with Crippen LogP contribution >= 0.6 is 0 Å². The number of hydrazine groups is 1. The van der Waals surface area contributed by atoms with E-state index in [0.717, 1.165) is 0 Å². The zero-order valence-corrected chi connectivity index (χ0v) is 6.79. The molecule has 0 unspecified atom stereocenters. The number of hydrogen-bond donors (Lipinski definition) is 2. The third-order valence-corrected chi connectivity index (χ3v) is 1.88. The van der Waals surface area contributed by atoms with E-state index in [-0.39, 0.29) is 5.82 Å². The normalized spacial score (nSPS) is 10.3. The SMILES string of the molecule is NNc1ccc(F)c2ncccc12. The second kappa shape index (κ2) is 2.99. The Morgan fingerprint density at radius 1 is 1.31 bits per heavy atom. The van der Waals surface area contributed by atoms with Crippen LogP contribution in [0.1, 0.15) is 0 Å². The number of nitrogens with zero attached hydrogens (tertiary/aromatic N) is 1. The van der Waals surface area contributed by atoms with Gasteiger partial charge in [-0.3, -0.25) is 10.8 Å². The first-order valence-corrected chi connectivity index (χ1v) is 3.83.